The average molecular weight is 195 g/mol. The molecule has 0 spiro atoms. The molecule has 4 unspecified atom stereocenters. The van der Waals surface area contributed by atoms with Crippen LogP contribution in [0.1, 0.15) is 52.4 Å². The second kappa shape index (κ2) is 4.65. The first kappa shape index (κ1) is 10.5. The zero-order valence-electron chi connectivity index (χ0n) is 9.76. The Balaban J connectivity index is 1.63. The van der Waals surface area contributed by atoms with Gasteiger partial charge in [0.25, 0.3) is 0 Å². The molecule has 0 aliphatic heterocycles. The van der Waals surface area contributed by atoms with Crippen LogP contribution in [0, 0.1) is 17.8 Å². The first-order valence-electron chi connectivity index (χ1n) is 6.47. The van der Waals surface area contributed by atoms with Gasteiger partial charge in [0.2, 0.25) is 0 Å². The van der Waals surface area contributed by atoms with Gasteiger partial charge in [-0.05, 0) is 56.4 Å². The van der Waals surface area contributed by atoms with Gasteiger partial charge in [0, 0.05) is 6.04 Å². The van der Waals surface area contributed by atoms with Crippen molar-refractivity contribution in [1.29, 1.82) is 0 Å². The Labute approximate surface area is 88.7 Å². The monoisotopic (exact) mass is 195 g/mol. The Morgan fingerprint density at radius 1 is 0.929 bits per heavy atom. The summed E-state index contributed by atoms with van der Waals surface area (Å²) in [6.07, 6.45) is 8.68. The van der Waals surface area contributed by atoms with Crippen molar-refractivity contribution in [2.75, 3.05) is 6.54 Å². The summed E-state index contributed by atoms with van der Waals surface area (Å²) in [4.78, 5) is 0. The van der Waals surface area contributed by atoms with Crippen molar-refractivity contribution in [2.24, 2.45) is 17.8 Å². The summed E-state index contributed by atoms with van der Waals surface area (Å²) in [7, 11) is 0. The highest BCUT2D eigenvalue weighted by atomic mass is 14.9. The van der Waals surface area contributed by atoms with E-state index in [1.165, 1.54) is 45.1 Å². The van der Waals surface area contributed by atoms with Crippen LogP contribution in [-0.2, 0) is 0 Å². The molecule has 0 aromatic rings. The Hall–Kier alpha value is -0.0400. The van der Waals surface area contributed by atoms with Gasteiger partial charge in [0.15, 0.2) is 0 Å². The maximum atomic E-state index is 3.77. The molecule has 2 saturated carbocycles. The lowest BCUT2D eigenvalue weighted by Gasteiger charge is -2.16. The molecule has 1 heteroatoms. The summed E-state index contributed by atoms with van der Waals surface area (Å²) in [6.45, 7) is 6.08. The van der Waals surface area contributed by atoms with E-state index in [1.807, 2.05) is 0 Å². The Kier molecular flexibility index (Phi) is 3.48. The minimum atomic E-state index is 0.848. The quantitative estimate of drug-likeness (QED) is 0.729. The van der Waals surface area contributed by atoms with E-state index in [9.17, 15) is 0 Å². The molecule has 0 saturated heterocycles. The van der Waals surface area contributed by atoms with E-state index in [1.54, 1.807) is 0 Å². The first-order valence-corrected chi connectivity index (χ1v) is 6.47. The van der Waals surface area contributed by atoms with Crippen LogP contribution in [0.5, 0.6) is 0 Å². The van der Waals surface area contributed by atoms with E-state index >= 15 is 0 Å². The molecule has 2 fully saturated rings. The van der Waals surface area contributed by atoms with Gasteiger partial charge >= 0.3 is 0 Å². The largest absolute Gasteiger partial charge is 0.314 e. The van der Waals surface area contributed by atoms with Crippen LogP contribution in [0.2, 0.25) is 0 Å². The van der Waals surface area contributed by atoms with Gasteiger partial charge < -0.3 is 5.32 Å². The fourth-order valence-corrected chi connectivity index (χ4v) is 3.24. The number of hydrogen-bond donors (Lipinski definition) is 1. The predicted molar refractivity (Wildman–Crippen MR) is 61.3 cm³/mol. The van der Waals surface area contributed by atoms with E-state index < -0.39 is 0 Å². The highest BCUT2D eigenvalue weighted by Crippen LogP contribution is 2.30. The van der Waals surface area contributed by atoms with Crippen molar-refractivity contribution in [3.63, 3.8) is 0 Å². The van der Waals surface area contributed by atoms with Crippen LogP contribution in [0.3, 0.4) is 0 Å². The van der Waals surface area contributed by atoms with Gasteiger partial charge in [-0.25, -0.2) is 0 Å². The Morgan fingerprint density at radius 3 is 2.21 bits per heavy atom. The molecule has 0 bridgehead atoms. The summed E-state index contributed by atoms with van der Waals surface area (Å²) < 4.78 is 0. The second-order valence-corrected chi connectivity index (χ2v) is 5.81. The van der Waals surface area contributed by atoms with Crippen molar-refractivity contribution in [3.05, 3.63) is 0 Å². The lowest BCUT2D eigenvalue weighted by molar-refractivity contribution is 0.418. The van der Waals surface area contributed by atoms with Crippen LogP contribution in [-0.4, -0.2) is 12.6 Å². The third-order valence-electron chi connectivity index (χ3n) is 4.19. The number of nitrogens with one attached hydrogen (secondary N) is 1. The van der Waals surface area contributed by atoms with Crippen molar-refractivity contribution in [1.82, 2.24) is 5.32 Å². The lowest BCUT2D eigenvalue weighted by Crippen LogP contribution is -2.30. The standard InChI is InChI=1S/C13H25N/c1-10-3-5-12(7-10)9-14-13-6-4-11(2)8-13/h10-14H,3-9H2,1-2H3. The number of hydrogen-bond acceptors (Lipinski definition) is 1. The van der Waals surface area contributed by atoms with Crippen LogP contribution in [0.25, 0.3) is 0 Å². The average Bonchev–Trinajstić information content (AvgIpc) is 2.72. The molecule has 0 radical (unpaired) electrons. The molecule has 0 amide bonds. The zero-order valence-corrected chi connectivity index (χ0v) is 9.76. The van der Waals surface area contributed by atoms with Crippen molar-refractivity contribution < 1.29 is 0 Å². The summed E-state index contributed by atoms with van der Waals surface area (Å²) in [5.74, 6) is 2.94. The van der Waals surface area contributed by atoms with Gasteiger partial charge in [0.1, 0.15) is 0 Å². The third kappa shape index (κ3) is 2.73. The molecule has 1 nitrogen and oxygen atoms in total. The molecule has 82 valence electrons. The van der Waals surface area contributed by atoms with Gasteiger partial charge in [-0.2, -0.15) is 0 Å². The molecule has 2 aliphatic rings. The maximum absolute atomic E-state index is 3.77. The molecule has 14 heavy (non-hydrogen) atoms. The highest BCUT2D eigenvalue weighted by molar-refractivity contribution is 4.81. The van der Waals surface area contributed by atoms with E-state index in [2.05, 4.69) is 19.2 Å². The van der Waals surface area contributed by atoms with Crippen LogP contribution < -0.4 is 5.32 Å². The predicted octanol–water partition coefficient (Wildman–Crippen LogP) is 3.20. The molecule has 2 aliphatic carbocycles. The van der Waals surface area contributed by atoms with Crippen molar-refractivity contribution in [2.45, 2.75) is 58.4 Å². The smallest absolute Gasteiger partial charge is 0.00698 e. The van der Waals surface area contributed by atoms with E-state index in [-0.39, 0.29) is 0 Å². The summed E-state index contributed by atoms with van der Waals surface area (Å²) in [5.41, 5.74) is 0. The van der Waals surface area contributed by atoms with E-state index in [0.717, 1.165) is 23.8 Å². The highest BCUT2D eigenvalue weighted by Gasteiger charge is 2.24. The third-order valence-corrected chi connectivity index (χ3v) is 4.19. The topological polar surface area (TPSA) is 12.0 Å². The van der Waals surface area contributed by atoms with Gasteiger partial charge in [-0.1, -0.05) is 20.3 Å². The van der Waals surface area contributed by atoms with Crippen LogP contribution in [0.4, 0.5) is 0 Å². The molecule has 2 rings (SSSR count). The molecule has 0 aromatic carbocycles. The minimum Gasteiger partial charge on any atom is -0.314 e. The van der Waals surface area contributed by atoms with Gasteiger partial charge in [-0.3, -0.25) is 0 Å². The fourth-order valence-electron chi connectivity index (χ4n) is 3.24. The van der Waals surface area contributed by atoms with E-state index in [0.29, 0.717) is 0 Å². The first-order chi connectivity index (χ1) is 6.74. The summed E-state index contributed by atoms with van der Waals surface area (Å²) in [5, 5.41) is 3.77. The Bertz CT molecular complexity index is 158. The second-order valence-electron chi connectivity index (χ2n) is 5.81. The lowest BCUT2D eigenvalue weighted by atomic mass is 10.1. The molecular formula is C13H25N. The number of rotatable bonds is 3. The fraction of sp³-hybridized carbons (Fsp3) is 1.00. The van der Waals surface area contributed by atoms with Crippen molar-refractivity contribution >= 4 is 0 Å². The minimum absolute atomic E-state index is 0.848. The zero-order chi connectivity index (χ0) is 9.97. The van der Waals surface area contributed by atoms with Gasteiger partial charge in [0.05, 0.1) is 0 Å². The summed E-state index contributed by atoms with van der Waals surface area (Å²) >= 11 is 0. The van der Waals surface area contributed by atoms with Crippen molar-refractivity contribution in [3.8, 4) is 0 Å². The van der Waals surface area contributed by atoms with Crippen LogP contribution in [0.15, 0.2) is 0 Å². The molecule has 0 aromatic heterocycles. The van der Waals surface area contributed by atoms with Gasteiger partial charge in [-0.15, -0.1) is 0 Å². The normalized spacial score (nSPS) is 43.3. The van der Waals surface area contributed by atoms with E-state index in [4.69, 9.17) is 0 Å². The SMILES string of the molecule is CC1CCC(CNC2CCC(C)C2)C1. The molecule has 0 heterocycles. The summed E-state index contributed by atoms with van der Waals surface area (Å²) in [6, 6.07) is 0.848. The Morgan fingerprint density at radius 2 is 1.64 bits per heavy atom. The maximum Gasteiger partial charge on any atom is 0.00698 e. The molecular weight excluding hydrogens is 170 g/mol. The van der Waals surface area contributed by atoms with Crippen LogP contribution >= 0.6 is 0 Å². The molecule has 4 atom stereocenters. The molecule has 1 N–H and O–H groups in total.